The highest BCUT2D eigenvalue weighted by atomic mass is 16.6. The zero-order chi connectivity index (χ0) is 12.3. The summed E-state index contributed by atoms with van der Waals surface area (Å²) in [6.45, 7) is 2.12. The van der Waals surface area contributed by atoms with Crippen molar-refractivity contribution in [2.75, 3.05) is 26.3 Å². The highest BCUT2D eigenvalue weighted by molar-refractivity contribution is 5.70. The monoisotopic (exact) mass is 238 g/mol. The predicted molar refractivity (Wildman–Crippen MR) is 65.0 cm³/mol. The molecular formula is C12H18N2O3. The number of hydrogen-bond donors (Lipinski definition) is 2. The Kier molecular flexibility index (Phi) is 6.78. The average molecular weight is 238 g/mol. The Hall–Kier alpha value is -1.59. The lowest BCUT2D eigenvalue weighted by atomic mass is 10.3. The third kappa shape index (κ3) is 6.55. The number of ether oxygens (including phenoxy) is 2. The van der Waals surface area contributed by atoms with E-state index in [-0.39, 0.29) is 0 Å². The van der Waals surface area contributed by atoms with Crippen LogP contribution in [0, 0.1) is 0 Å². The maximum Gasteiger partial charge on any atom is 0.412 e. The van der Waals surface area contributed by atoms with Gasteiger partial charge in [-0.25, -0.2) is 4.79 Å². The van der Waals surface area contributed by atoms with E-state index in [1.165, 1.54) is 0 Å². The lowest BCUT2D eigenvalue weighted by Gasteiger charge is -2.06. The number of nitrogens with one attached hydrogen (secondary N) is 1. The Balaban J connectivity index is 2.06. The molecule has 1 aromatic rings. The molecule has 0 fully saturated rings. The van der Waals surface area contributed by atoms with Gasteiger partial charge in [0.2, 0.25) is 0 Å². The fourth-order valence-corrected chi connectivity index (χ4v) is 1.14. The highest BCUT2D eigenvalue weighted by Gasteiger charge is 2.01. The molecule has 0 saturated carbocycles. The van der Waals surface area contributed by atoms with Crippen LogP contribution >= 0.6 is 0 Å². The van der Waals surface area contributed by atoms with E-state index in [9.17, 15) is 4.79 Å². The summed E-state index contributed by atoms with van der Waals surface area (Å²) in [5, 5.41) is 2.59. The van der Waals surface area contributed by atoms with Gasteiger partial charge in [-0.3, -0.25) is 0 Å². The Morgan fingerprint density at radius 3 is 2.71 bits per heavy atom. The number of para-hydroxylation sites is 1. The first-order valence-electron chi connectivity index (χ1n) is 5.61. The van der Waals surface area contributed by atoms with E-state index in [1.807, 2.05) is 6.07 Å². The summed E-state index contributed by atoms with van der Waals surface area (Å²) in [5.41, 5.74) is 5.31. The van der Waals surface area contributed by atoms with E-state index in [1.54, 1.807) is 24.3 Å². The van der Waals surface area contributed by atoms with Crippen LogP contribution in [0.15, 0.2) is 30.3 Å². The van der Waals surface area contributed by atoms with E-state index in [4.69, 9.17) is 15.2 Å². The molecule has 0 bridgehead atoms. The molecular weight excluding hydrogens is 220 g/mol. The van der Waals surface area contributed by atoms with E-state index in [2.05, 4.69) is 5.32 Å². The van der Waals surface area contributed by atoms with Crippen LogP contribution < -0.4 is 15.8 Å². The summed E-state index contributed by atoms with van der Waals surface area (Å²) in [6, 6.07) is 8.90. The first kappa shape index (κ1) is 13.5. The highest BCUT2D eigenvalue weighted by Crippen LogP contribution is 2.07. The van der Waals surface area contributed by atoms with Crippen molar-refractivity contribution in [3.8, 4) is 5.75 Å². The van der Waals surface area contributed by atoms with Crippen LogP contribution in [0.4, 0.5) is 4.79 Å². The van der Waals surface area contributed by atoms with Gasteiger partial charge < -0.3 is 20.5 Å². The van der Waals surface area contributed by atoms with Gasteiger partial charge in [0.25, 0.3) is 0 Å². The first-order chi connectivity index (χ1) is 8.33. The lowest BCUT2D eigenvalue weighted by Crippen LogP contribution is -2.30. The summed E-state index contributed by atoms with van der Waals surface area (Å²) >= 11 is 0. The quantitative estimate of drug-likeness (QED) is 0.699. The summed E-state index contributed by atoms with van der Waals surface area (Å²) in [4.78, 5) is 11.3. The zero-order valence-electron chi connectivity index (χ0n) is 9.72. The topological polar surface area (TPSA) is 73.6 Å². The van der Waals surface area contributed by atoms with E-state index >= 15 is 0 Å². The normalized spacial score (nSPS) is 9.94. The van der Waals surface area contributed by atoms with E-state index < -0.39 is 6.09 Å². The molecule has 0 unspecified atom stereocenters. The molecule has 0 saturated heterocycles. The minimum Gasteiger partial charge on any atom is -0.410 e. The maximum atomic E-state index is 11.3. The molecule has 5 heteroatoms. The van der Waals surface area contributed by atoms with Gasteiger partial charge in [-0.15, -0.1) is 0 Å². The van der Waals surface area contributed by atoms with Crippen molar-refractivity contribution < 1.29 is 14.3 Å². The Morgan fingerprint density at radius 1 is 1.24 bits per heavy atom. The molecule has 0 heterocycles. The smallest absolute Gasteiger partial charge is 0.410 e. The van der Waals surface area contributed by atoms with Crippen molar-refractivity contribution in [3.63, 3.8) is 0 Å². The predicted octanol–water partition coefficient (Wildman–Crippen LogP) is 1.14. The number of carbonyl (C=O) groups excluding carboxylic acids is 1. The van der Waals surface area contributed by atoms with Gasteiger partial charge in [0.1, 0.15) is 5.75 Å². The van der Waals surface area contributed by atoms with Gasteiger partial charge in [-0.1, -0.05) is 18.2 Å². The number of carbonyl (C=O) groups is 1. The van der Waals surface area contributed by atoms with Gasteiger partial charge in [-0.05, 0) is 25.1 Å². The minimum absolute atomic E-state index is 0.427. The number of hydrogen-bond acceptors (Lipinski definition) is 4. The van der Waals surface area contributed by atoms with Crippen molar-refractivity contribution in [1.82, 2.24) is 5.32 Å². The van der Waals surface area contributed by atoms with Gasteiger partial charge in [0.05, 0.1) is 6.61 Å². The van der Waals surface area contributed by atoms with E-state index in [0.29, 0.717) is 32.1 Å². The van der Waals surface area contributed by atoms with E-state index in [0.717, 1.165) is 6.42 Å². The second-order valence-electron chi connectivity index (χ2n) is 3.38. The van der Waals surface area contributed by atoms with Crippen LogP contribution in [-0.4, -0.2) is 32.4 Å². The van der Waals surface area contributed by atoms with Gasteiger partial charge in [0, 0.05) is 13.2 Å². The summed E-state index contributed by atoms with van der Waals surface area (Å²) < 4.78 is 10.2. The molecule has 0 aliphatic heterocycles. The largest absolute Gasteiger partial charge is 0.412 e. The molecule has 1 amide bonds. The molecule has 0 aliphatic rings. The molecule has 1 aromatic carbocycles. The zero-order valence-corrected chi connectivity index (χ0v) is 9.72. The van der Waals surface area contributed by atoms with Gasteiger partial charge >= 0.3 is 6.09 Å². The molecule has 3 N–H and O–H groups in total. The molecule has 5 nitrogen and oxygen atoms in total. The Labute approximate surface area is 101 Å². The molecule has 0 atom stereocenters. The number of nitrogens with two attached hydrogens (primary N) is 1. The summed E-state index contributed by atoms with van der Waals surface area (Å²) in [6.07, 6.45) is 0.354. The fourth-order valence-electron chi connectivity index (χ4n) is 1.14. The van der Waals surface area contributed by atoms with Crippen molar-refractivity contribution >= 4 is 6.09 Å². The van der Waals surface area contributed by atoms with Crippen molar-refractivity contribution in [2.45, 2.75) is 6.42 Å². The molecule has 0 aromatic heterocycles. The molecule has 1 rings (SSSR count). The molecule has 0 spiro atoms. The van der Waals surface area contributed by atoms with Gasteiger partial charge in [0.15, 0.2) is 0 Å². The van der Waals surface area contributed by atoms with Crippen LogP contribution in [-0.2, 0) is 4.74 Å². The number of rotatable bonds is 7. The third-order valence-electron chi connectivity index (χ3n) is 1.96. The standard InChI is InChI=1S/C12H18N2O3/c13-7-4-9-16-10-8-14-12(15)17-11-5-2-1-3-6-11/h1-3,5-6H,4,7-10,13H2,(H,14,15). The first-order valence-corrected chi connectivity index (χ1v) is 5.61. The summed E-state index contributed by atoms with van der Waals surface area (Å²) in [5.74, 6) is 0.522. The second-order valence-corrected chi connectivity index (χ2v) is 3.38. The van der Waals surface area contributed by atoms with Crippen molar-refractivity contribution in [1.29, 1.82) is 0 Å². The molecule has 94 valence electrons. The van der Waals surface area contributed by atoms with Crippen LogP contribution in [0.25, 0.3) is 0 Å². The van der Waals surface area contributed by atoms with Crippen LogP contribution in [0.5, 0.6) is 5.75 Å². The van der Waals surface area contributed by atoms with Crippen LogP contribution in [0.2, 0.25) is 0 Å². The molecule has 0 aliphatic carbocycles. The minimum atomic E-state index is -0.473. The van der Waals surface area contributed by atoms with Crippen LogP contribution in [0.1, 0.15) is 6.42 Å². The van der Waals surface area contributed by atoms with Crippen LogP contribution in [0.3, 0.4) is 0 Å². The van der Waals surface area contributed by atoms with Crippen molar-refractivity contribution in [3.05, 3.63) is 30.3 Å². The Bertz CT molecular complexity index is 317. The van der Waals surface area contributed by atoms with Gasteiger partial charge in [-0.2, -0.15) is 0 Å². The number of benzene rings is 1. The third-order valence-corrected chi connectivity index (χ3v) is 1.96. The lowest BCUT2D eigenvalue weighted by molar-refractivity contribution is 0.132. The van der Waals surface area contributed by atoms with Crippen molar-refractivity contribution in [2.24, 2.45) is 5.73 Å². The average Bonchev–Trinajstić information content (AvgIpc) is 2.35. The SMILES string of the molecule is NCCCOCCNC(=O)Oc1ccccc1. The molecule has 17 heavy (non-hydrogen) atoms. The number of amides is 1. The fraction of sp³-hybridized carbons (Fsp3) is 0.417. The molecule has 0 radical (unpaired) electrons. The maximum absolute atomic E-state index is 11.3. The second kappa shape index (κ2) is 8.55. The summed E-state index contributed by atoms with van der Waals surface area (Å²) in [7, 11) is 0. The Morgan fingerprint density at radius 2 is 2.00 bits per heavy atom.